The van der Waals surface area contributed by atoms with Crippen LogP contribution in [0.4, 0.5) is 0 Å². The number of carbonyl (C=O) groups is 2. The van der Waals surface area contributed by atoms with E-state index in [9.17, 15) is 19.0 Å². The number of hydrogen-bond acceptors (Lipinski definition) is 7. The molecule has 0 amide bonds. The topological polar surface area (TPSA) is 108 Å². The van der Waals surface area contributed by atoms with E-state index in [0.29, 0.717) is 17.4 Å². The quantitative estimate of drug-likeness (QED) is 0.0211. The smallest absolute Gasteiger partial charge is 0.462 e. The Labute approximate surface area is 568 Å². The zero-order valence-electron chi connectivity index (χ0n) is 61.9. The molecule has 540 valence electrons. The number of phosphoric acid groups is 1. The monoisotopic (exact) mass is 1310 g/mol. The fraction of sp³-hybridized carbons (Fsp3) is 0.926. The lowest BCUT2D eigenvalue weighted by atomic mass is 10.0. The first-order valence-corrected chi connectivity index (χ1v) is 42.1. The Bertz CT molecular complexity index is 1580. The van der Waals surface area contributed by atoms with Crippen LogP contribution >= 0.6 is 7.82 Å². The maximum Gasteiger partial charge on any atom is 0.472 e. The molecule has 9 nitrogen and oxygen atoms in total. The van der Waals surface area contributed by atoms with Crippen LogP contribution in [-0.4, -0.2) is 74.9 Å². The van der Waals surface area contributed by atoms with Crippen LogP contribution in [0.15, 0.2) is 24.3 Å². The zero-order valence-corrected chi connectivity index (χ0v) is 62.8. The maximum atomic E-state index is 12.9. The van der Waals surface area contributed by atoms with Crippen molar-refractivity contribution in [2.45, 2.75) is 437 Å². The molecule has 0 bridgehead atoms. The van der Waals surface area contributed by atoms with E-state index in [0.717, 1.165) is 44.9 Å². The van der Waals surface area contributed by atoms with Crippen molar-refractivity contribution in [1.82, 2.24) is 0 Å². The van der Waals surface area contributed by atoms with Gasteiger partial charge in [-0.15, -0.1) is 0 Å². The molecule has 0 spiro atoms. The molecule has 91 heavy (non-hydrogen) atoms. The van der Waals surface area contributed by atoms with Crippen LogP contribution in [0.25, 0.3) is 0 Å². The van der Waals surface area contributed by atoms with Crippen molar-refractivity contribution in [2.75, 3.05) is 47.5 Å². The van der Waals surface area contributed by atoms with Crippen LogP contribution in [0.5, 0.6) is 0 Å². The number of quaternary nitrogens is 1. The van der Waals surface area contributed by atoms with Gasteiger partial charge in [-0.2, -0.15) is 0 Å². The van der Waals surface area contributed by atoms with Gasteiger partial charge in [-0.05, 0) is 44.9 Å². The SMILES string of the molecule is CCCCCCC/C=C\C/C=C\CCCCCCCCCCCCCCCCCCCCCCCC(=O)OC(COC(=O)CCCCCCCCCCCCCCCCCCCCCCCCCCCCCCCCCCCC)COP(=O)(O)OCC[N+](C)(C)C. The number of nitrogens with zero attached hydrogens (tertiary/aromatic N) is 1. The minimum absolute atomic E-state index is 0.0362. The number of hydrogen-bond donors (Lipinski definition) is 1. The lowest BCUT2D eigenvalue weighted by Crippen LogP contribution is -2.37. The molecule has 0 aliphatic carbocycles. The summed E-state index contributed by atoms with van der Waals surface area (Å²) < 4.78 is 34.8. The molecule has 0 rings (SSSR count). The van der Waals surface area contributed by atoms with Gasteiger partial charge in [0.2, 0.25) is 0 Å². The molecule has 2 atom stereocenters. The van der Waals surface area contributed by atoms with E-state index in [1.165, 1.54) is 360 Å². The Morgan fingerprint density at radius 2 is 0.593 bits per heavy atom. The molecule has 0 aromatic rings. The number of ether oxygens (including phenoxy) is 2. The van der Waals surface area contributed by atoms with Gasteiger partial charge < -0.3 is 18.9 Å². The highest BCUT2D eigenvalue weighted by molar-refractivity contribution is 7.47. The Balaban J connectivity index is 3.89. The summed E-state index contributed by atoms with van der Waals surface area (Å²) >= 11 is 0. The van der Waals surface area contributed by atoms with Gasteiger partial charge in [0.15, 0.2) is 6.10 Å². The first-order valence-electron chi connectivity index (χ1n) is 40.6. The van der Waals surface area contributed by atoms with Crippen molar-refractivity contribution in [3.63, 3.8) is 0 Å². The van der Waals surface area contributed by atoms with Gasteiger partial charge >= 0.3 is 19.8 Å². The number of esters is 2. The predicted octanol–water partition coefficient (Wildman–Crippen LogP) is 26.8. The van der Waals surface area contributed by atoms with Crippen LogP contribution in [0.1, 0.15) is 431 Å². The first kappa shape index (κ1) is 89.5. The van der Waals surface area contributed by atoms with Crippen LogP contribution in [-0.2, 0) is 32.7 Å². The number of allylic oxidation sites excluding steroid dienone is 4. The van der Waals surface area contributed by atoms with Gasteiger partial charge in [0.25, 0.3) is 0 Å². The molecule has 2 unspecified atom stereocenters. The van der Waals surface area contributed by atoms with Gasteiger partial charge in [0.05, 0.1) is 27.7 Å². The minimum atomic E-state index is -4.39. The van der Waals surface area contributed by atoms with Gasteiger partial charge in [0.1, 0.15) is 19.8 Å². The third-order valence-electron chi connectivity index (χ3n) is 18.7. The van der Waals surface area contributed by atoms with E-state index in [2.05, 4.69) is 38.2 Å². The second-order valence-electron chi connectivity index (χ2n) is 29.2. The standard InChI is InChI=1S/C81H158NO8P/c1-6-8-10-12-14-16-18-20-22-24-26-28-30-32-34-36-38-40-42-43-45-47-49-51-53-55-57-59-61-63-65-67-69-71-73-80(83)87-77-79(78-89-91(85,86)88-76-75-82(3,4)5)90-81(84)74-72-70-68-66-64-62-60-58-56-54-52-50-48-46-44-41-39-37-35-33-31-29-27-25-23-21-19-17-15-13-11-9-7-2/h19,21,25,27,79H,6-18,20,22-24,26,28-78H2,1-5H3/p+1/b21-19-,27-25-. The summed E-state index contributed by atoms with van der Waals surface area (Å²) in [5, 5.41) is 0. The molecule has 10 heteroatoms. The normalized spacial score (nSPS) is 13.1. The number of likely N-dealkylation sites (N-methyl/N-ethyl adjacent to an activating group) is 1. The lowest BCUT2D eigenvalue weighted by molar-refractivity contribution is -0.870. The van der Waals surface area contributed by atoms with Crippen LogP contribution < -0.4 is 0 Å². The maximum absolute atomic E-state index is 12.9. The van der Waals surface area contributed by atoms with E-state index >= 15 is 0 Å². The van der Waals surface area contributed by atoms with Crippen molar-refractivity contribution < 1.29 is 42.1 Å². The minimum Gasteiger partial charge on any atom is -0.462 e. The van der Waals surface area contributed by atoms with E-state index < -0.39 is 26.5 Å². The highest BCUT2D eigenvalue weighted by Gasteiger charge is 2.27. The Hall–Kier alpha value is -1.51. The average molecular weight is 1310 g/mol. The molecule has 0 aliphatic heterocycles. The lowest BCUT2D eigenvalue weighted by Gasteiger charge is -2.24. The highest BCUT2D eigenvalue weighted by atomic mass is 31.2. The molecule has 0 saturated carbocycles. The molecule has 0 heterocycles. The number of carbonyl (C=O) groups excluding carboxylic acids is 2. The van der Waals surface area contributed by atoms with Gasteiger partial charge in [-0.25, -0.2) is 4.57 Å². The Kier molecular flexibility index (Phi) is 71.5. The molecule has 0 aromatic carbocycles. The molecule has 1 N–H and O–H groups in total. The second kappa shape index (κ2) is 72.8. The second-order valence-corrected chi connectivity index (χ2v) is 30.6. The van der Waals surface area contributed by atoms with Crippen molar-refractivity contribution in [3.8, 4) is 0 Å². The van der Waals surface area contributed by atoms with E-state index in [-0.39, 0.29) is 25.6 Å². The fourth-order valence-corrected chi connectivity index (χ4v) is 13.3. The van der Waals surface area contributed by atoms with Gasteiger partial charge in [-0.3, -0.25) is 18.6 Å². The van der Waals surface area contributed by atoms with Crippen molar-refractivity contribution in [2.24, 2.45) is 0 Å². The number of unbranched alkanes of at least 4 members (excludes halogenated alkanes) is 59. The van der Waals surface area contributed by atoms with E-state index in [4.69, 9.17) is 18.5 Å². The summed E-state index contributed by atoms with van der Waals surface area (Å²) in [7, 11) is 1.51. The van der Waals surface area contributed by atoms with Gasteiger partial charge in [0, 0.05) is 12.8 Å². The van der Waals surface area contributed by atoms with Crippen molar-refractivity contribution >= 4 is 19.8 Å². The summed E-state index contributed by atoms with van der Waals surface area (Å²) in [6.45, 7) is 4.52. The third kappa shape index (κ3) is 77.4. The van der Waals surface area contributed by atoms with Crippen LogP contribution in [0, 0.1) is 0 Å². The summed E-state index contributed by atoms with van der Waals surface area (Å²) in [6, 6.07) is 0. The first-order chi connectivity index (χ1) is 44.5. The summed E-state index contributed by atoms with van der Waals surface area (Å²) in [6.07, 6.45) is 93.4. The molecule has 0 fully saturated rings. The Morgan fingerprint density at radius 1 is 0.341 bits per heavy atom. The zero-order chi connectivity index (χ0) is 66.2. The number of phosphoric ester groups is 1. The molecule has 0 saturated heterocycles. The van der Waals surface area contributed by atoms with Crippen LogP contribution in [0.2, 0.25) is 0 Å². The molecule has 0 radical (unpaired) electrons. The van der Waals surface area contributed by atoms with Crippen molar-refractivity contribution in [1.29, 1.82) is 0 Å². The summed E-state index contributed by atoms with van der Waals surface area (Å²) in [5.74, 6) is -0.768. The predicted molar refractivity (Wildman–Crippen MR) is 395 cm³/mol. The third-order valence-corrected chi connectivity index (χ3v) is 19.7. The summed E-state index contributed by atoms with van der Waals surface area (Å²) in [5.41, 5.74) is 0. The van der Waals surface area contributed by atoms with Gasteiger partial charge in [-0.1, -0.05) is 398 Å². The van der Waals surface area contributed by atoms with E-state index in [1.807, 2.05) is 21.1 Å². The largest absolute Gasteiger partial charge is 0.472 e. The molecular formula is C81H159NO8P+. The van der Waals surface area contributed by atoms with Crippen molar-refractivity contribution in [3.05, 3.63) is 24.3 Å². The Morgan fingerprint density at radius 3 is 0.868 bits per heavy atom. The fourth-order valence-electron chi connectivity index (χ4n) is 12.5. The average Bonchev–Trinajstić information content (AvgIpc) is 3.62. The molecule has 0 aromatic heterocycles. The van der Waals surface area contributed by atoms with E-state index in [1.54, 1.807) is 0 Å². The van der Waals surface area contributed by atoms with Crippen LogP contribution in [0.3, 0.4) is 0 Å². The number of rotatable bonds is 77. The highest BCUT2D eigenvalue weighted by Crippen LogP contribution is 2.43. The molecular weight excluding hydrogens is 1150 g/mol. The molecule has 0 aliphatic rings. The summed E-state index contributed by atoms with van der Waals surface area (Å²) in [4.78, 5) is 36.0.